The number of hydrogen-bond acceptors (Lipinski definition) is 3. The number of halogens is 1. The number of nitrogens with one attached hydrogen (secondary N) is 2. The maximum absolute atomic E-state index is 11.4. The second kappa shape index (κ2) is 9.74. The van der Waals surface area contributed by atoms with Gasteiger partial charge in [-0.25, -0.2) is 0 Å². The Morgan fingerprint density at radius 1 is 1.33 bits per heavy atom. The van der Waals surface area contributed by atoms with Crippen LogP contribution in [0.5, 0.6) is 5.75 Å². The van der Waals surface area contributed by atoms with Crippen LogP contribution in [0.4, 0.5) is 0 Å². The molecule has 0 heterocycles. The van der Waals surface area contributed by atoms with E-state index < -0.39 is 0 Å². The van der Waals surface area contributed by atoms with E-state index in [9.17, 15) is 4.79 Å². The zero-order chi connectivity index (χ0) is 12.5. The summed E-state index contributed by atoms with van der Waals surface area (Å²) in [6, 6.07) is 7.81. The van der Waals surface area contributed by atoms with Gasteiger partial charge in [-0.2, -0.15) is 0 Å². The van der Waals surface area contributed by atoms with Crippen LogP contribution in [0.15, 0.2) is 24.3 Å². The fourth-order valence-electron chi connectivity index (χ4n) is 1.38. The number of amides is 1. The van der Waals surface area contributed by atoms with Crippen LogP contribution in [0.25, 0.3) is 0 Å². The van der Waals surface area contributed by atoms with Crippen LogP contribution in [0.2, 0.25) is 0 Å². The Morgan fingerprint density at radius 2 is 2.11 bits per heavy atom. The van der Waals surface area contributed by atoms with Crippen LogP contribution in [0.1, 0.15) is 12.0 Å². The molecule has 1 rings (SSSR count). The number of rotatable bonds is 7. The van der Waals surface area contributed by atoms with Gasteiger partial charge in [0.15, 0.2) is 0 Å². The number of hydrogen-bond donors (Lipinski definition) is 2. The van der Waals surface area contributed by atoms with Gasteiger partial charge in [0.25, 0.3) is 0 Å². The van der Waals surface area contributed by atoms with Gasteiger partial charge in [-0.3, -0.25) is 4.79 Å². The van der Waals surface area contributed by atoms with E-state index >= 15 is 0 Å². The Balaban J connectivity index is 0.00000289. The molecule has 0 atom stereocenters. The molecule has 0 aliphatic carbocycles. The molecule has 1 amide bonds. The lowest BCUT2D eigenvalue weighted by Crippen LogP contribution is -2.31. The number of likely N-dealkylation sites (N-methyl/N-ethyl adjacent to an activating group) is 1. The molecular weight excluding hydrogens is 252 g/mol. The van der Waals surface area contributed by atoms with Crippen molar-refractivity contribution >= 4 is 18.3 Å². The van der Waals surface area contributed by atoms with Gasteiger partial charge in [0.1, 0.15) is 5.75 Å². The van der Waals surface area contributed by atoms with Gasteiger partial charge in [0, 0.05) is 13.1 Å². The molecule has 0 aliphatic rings. The Bertz CT molecular complexity index is 359. The van der Waals surface area contributed by atoms with Gasteiger partial charge in [0.2, 0.25) is 5.91 Å². The Morgan fingerprint density at radius 3 is 2.78 bits per heavy atom. The zero-order valence-corrected chi connectivity index (χ0v) is 11.7. The number of ether oxygens (including phenoxy) is 1. The largest absolute Gasteiger partial charge is 0.493 e. The lowest BCUT2D eigenvalue weighted by atomic mass is 10.2. The highest BCUT2D eigenvalue weighted by Crippen LogP contribution is 2.12. The van der Waals surface area contributed by atoms with Crippen LogP contribution >= 0.6 is 12.4 Å². The van der Waals surface area contributed by atoms with E-state index in [1.165, 1.54) is 0 Å². The first-order valence-corrected chi connectivity index (χ1v) is 5.83. The molecule has 0 saturated carbocycles. The number of carbonyl (C=O) groups is 1. The zero-order valence-electron chi connectivity index (χ0n) is 10.9. The molecule has 18 heavy (non-hydrogen) atoms. The van der Waals surface area contributed by atoms with Gasteiger partial charge in [-0.15, -0.1) is 12.4 Å². The van der Waals surface area contributed by atoms with Crippen molar-refractivity contribution in [1.29, 1.82) is 0 Å². The van der Waals surface area contributed by atoms with E-state index in [-0.39, 0.29) is 18.3 Å². The SMILES string of the molecule is CNCCNC(=O)CCOc1cccc(C)c1.Cl. The second-order valence-corrected chi connectivity index (χ2v) is 3.87. The van der Waals surface area contributed by atoms with Crippen molar-refractivity contribution in [2.45, 2.75) is 13.3 Å². The molecule has 1 aromatic rings. The minimum absolute atomic E-state index is 0. The predicted molar refractivity (Wildman–Crippen MR) is 75.5 cm³/mol. The third-order valence-corrected chi connectivity index (χ3v) is 2.28. The first-order chi connectivity index (χ1) is 8.22. The van der Waals surface area contributed by atoms with E-state index in [1.54, 1.807) is 0 Å². The van der Waals surface area contributed by atoms with Gasteiger partial charge in [-0.1, -0.05) is 12.1 Å². The predicted octanol–water partition coefficient (Wildman–Crippen LogP) is 1.52. The molecular formula is C13H21ClN2O2. The van der Waals surface area contributed by atoms with Gasteiger partial charge >= 0.3 is 0 Å². The molecule has 102 valence electrons. The summed E-state index contributed by atoms with van der Waals surface area (Å²) in [6.45, 7) is 3.86. The molecule has 0 saturated heterocycles. The summed E-state index contributed by atoms with van der Waals surface area (Å²) in [5.41, 5.74) is 1.15. The summed E-state index contributed by atoms with van der Waals surface area (Å²) in [6.07, 6.45) is 0.387. The summed E-state index contributed by atoms with van der Waals surface area (Å²) in [5, 5.41) is 5.77. The first kappa shape index (κ1) is 16.7. The van der Waals surface area contributed by atoms with Crippen molar-refractivity contribution in [2.24, 2.45) is 0 Å². The van der Waals surface area contributed by atoms with Crippen LogP contribution in [0.3, 0.4) is 0 Å². The number of benzene rings is 1. The Hall–Kier alpha value is -1.26. The lowest BCUT2D eigenvalue weighted by Gasteiger charge is -2.07. The smallest absolute Gasteiger partial charge is 0.223 e. The Labute approximate surface area is 115 Å². The van der Waals surface area contributed by atoms with Gasteiger partial charge < -0.3 is 15.4 Å². The molecule has 1 aromatic carbocycles. The molecule has 2 N–H and O–H groups in total. The van der Waals surface area contributed by atoms with Crippen LogP contribution in [-0.4, -0.2) is 32.7 Å². The molecule has 0 unspecified atom stereocenters. The first-order valence-electron chi connectivity index (χ1n) is 5.83. The lowest BCUT2D eigenvalue weighted by molar-refractivity contribution is -0.121. The summed E-state index contributed by atoms with van der Waals surface area (Å²) in [5.74, 6) is 0.834. The quantitative estimate of drug-likeness (QED) is 0.740. The number of aryl methyl sites for hydroxylation is 1. The Kier molecular flexibility index (Phi) is 9.06. The standard InChI is InChI=1S/C13H20N2O2.ClH/c1-11-4-3-5-12(10-11)17-9-6-13(16)15-8-7-14-2;/h3-5,10,14H,6-9H2,1-2H3,(H,15,16);1H. The van der Waals surface area contributed by atoms with Crippen LogP contribution in [0, 0.1) is 6.92 Å². The molecule has 0 bridgehead atoms. The average molecular weight is 273 g/mol. The minimum Gasteiger partial charge on any atom is -0.493 e. The van der Waals surface area contributed by atoms with E-state index in [0.717, 1.165) is 17.9 Å². The van der Waals surface area contributed by atoms with E-state index in [0.29, 0.717) is 19.6 Å². The van der Waals surface area contributed by atoms with Gasteiger partial charge in [0.05, 0.1) is 13.0 Å². The summed E-state index contributed by atoms with van der Waals surface area (Å²) >= 11 is 0. The van der Waals surface area contributed by atoms with E-state index in [2.05, 4.69) is 10.6 Å². The highest BCUT2D eigenvalue weighted by Gasteiger charge is 2.01. The summed E-state index contributed by atoms with van der Waals surface area (Å²) < 4.78 is 5.49. The topological polar surface area (TPSA) is 50.4 Å². The maximum atomic E-state index is 11.4. The molecule has 0 aliphatic heterocycles. The van der Waals surface area contributed by atoms with Crippen molar-refractivity contribution < 1.29 is 9.53 Å². The third kappa shape index (κ3) is 7.14. The van der Waals surface area contributed by atoms with Gasteiger partial charge in [-0.05, 0) is 31.7 Å². The van der Waals surface area contributed by atoms with Crippen LogP contribution in [-0.2, 0) is 4.79 Å². The van der Waals surface area contributed by atoms with Crippen molar-refractivity contribution in [3.63, 3.8) is 0 Å². The van der Waals surface area contributed by atoms with Crippen LogP contribution < -0.4 is 15.4 Å². The molecule has 0 aromatic heterocycles. The van der Waals surface area contributed by atoms with Crippen molar-refractivity contribution in [2.75, 3.05) is 26.7 Å². The van der Waals surface area contributed by atoms with Crippen molar-refractivity contribution in [3.8, 4) is 5.75 Å². The number of carbonyl (C=O) groups excluding carboxylic acids is 1. The fourth-order valence-corrected chi connectivity index (χ4v) is 1.38. The second-order valence-electron chi connectivity index (χ2n) is 3.87. The minimum atomic E-state index is 0. The maximum Gasteiger partial charge on any atom is 0.223 e. The summed E-state index contributed by atoms with van der Waals surface area (Å²) in [4.78, 5) is 11.4. The van der Waals surface area contributed by atoms with E-state index in [1.807, 2.05) is 38.2 Å². The fraction of sp³-hybridized carbons (Fsp3) is 0.462. The third-order valence-electron chi connectivity index (χ3n) is 2.28. The van der Waals surface area contributed by atoms with Crippen molar-refractivity contribution in [3.05, 3.63) is 29.8 Å². The highest BCUT2D eigenvalue weighted by atomic mass is 35.5. The average Bonchev–Trinajstić information content (AvgIpc) is 2.29. The van der Waals surface area contributed by atoms with Crippen molar-refractivity contribution in [1.82, 2.24) is 10.6 Å². The molecule has 5 heteroatoms. The molecule has 0 fully saturated rings. The summed E-state index contributed by atoms with van der Waals surface area (Å²) in [7, 11) is 1.85. The monoisotopic (exact) mass is 272 g/mol. The molecule has 0 spiro atoms. The normalized spacial score (nSPS) is 9.44. The molecule has 4 nitrogen and oxygen atoms in total. The van der Waals surface area contributed by atoms with E-state index in [4.69, 9.17) is 4.74 Å². The highest BCUT2D eigenvalue weighted by molar-refractivity contribution is 5.85. The molecule has 0 radical (unpaired) electrons.